The third-order valence-corrected chi connectivity index (χ3v) is 3.30. The summed E-state index contributed by atoms with van der Waals surface area (Å²) in [5.74, 6) is 0.936. The van der Waals surface area contributed by atoms with Gasteiger partial charge >= 0.3 is 0 Å². The maximum atomic E-state index is 5.69. The molecule has 1 fully saturated rings. The molecule has 2 N–H and O–H groups in total. The zero-order chi connectivity index (χ0) is 13.0. The van der Waals surface area contributed by atoms with Crippen LogP contribution in [0.2, 0.25) is 0 Å². The van der Waals surface area contributed by atoms with Gasteiger partial charge in [0.15, 0.2) is 0 Å². The Labute approximate surface area is 109 Å². The molecule has 1 aromatic carbocycles. The number of morpholine rings is 1. The van der Waals surface area contributed by atoms with Crippen LogP contribution in [0.15, 0.2) is 18.2 Å². The number of nitrogens with zero attached hydrogens (tertiary/aromatic N) is 1. The molecule has 0 spiro atoms. The van der Waals surface area contributed by atoms with E-state index in [-0.39, 0.29) is 0 Å². The summed E-state index contributed by atoms with van der Waals surface area (Å²) in [5.41, 5.74) is 8.04. The van der Waals surface area contributed by atoms with Crippen LogP contribution in [0.4, 0.5) is 0 Å². The van der Waals surface area contributed by atoms with Gasteiger partial charge in [-0.15, -0.1) is 0 Å². The fourth-order valence-electron chi connectivity index (χ4n) is 2.36. The molecule has 0 radical (unpaired) electrons. The molecular formula is C14H22N2O2. The van der Waals surface area contributed by atoms with E-state index < -0.39 is 0 Å². The first kappa shape index (κ1) is 13.3. The largest absolute Gasteiger partial charge is 0.496 e. The molecule has 100 valence electrons. The lowest BCUT2D eigenvalue weighted by Gasteiger charge is -2.31. The third-order valence-electron chi connectivity index (χ3n) is 3.30. The van der Waals surface area contributed by atoms with Crippen molar-refractivity contribution >= 4 is 0 Å². The van der Waals surface area contributed by atoms with E-state index in [4.69, 9.17) is 15.2 Å². The summed E-state index contributed by atoms with van der Waals surface area (Å²) < 4.78 is 11.0. The zero-order valence-electron chi connectivity index (χ0n) is 11.2. The summed E-state index contributed by atoms with van der Waals surface area (Å²) in [7, 11) is 1.71. The van der Waals surface area contributed by atoms with Crippen molar-refractivity contribution in [2.24, 2.45) is 5.73 Å². The van der Waals surface area contributed by atoms with Gasteiger partial charge in [-0.2, -0.15) is 0 Å². The van der Waals surface area contributed by atoms with Gasteiger partial charge in [-0.3, -0.25) is 4.90 Å². The Morgan fingerprint density at radius 2 is 2.33 bits per heavy atom. The van der Waals surface area contributed by atoms with Gasteiger partial charge in [-0.05, 0) is 24.6 Å². The summed E-state index contributed by atoms with van der Waals surface area (Å²) in [6.07, 6.45) is 0.308. The molecule has 1 heterocycles. The molecule has 1 saturated heterocycles. The normalized spacial score (nSPS) is 20.9. The van der Waals surface area contributed by atoms with Crippen molar-refractivity contribution in [3.05, 3.63) is 29.3 Å². The minimum absolute atomic E-state index is 0.308. The SMILES string of the molecule is COc1ccc(CN)cc1CN1CCOC(C)C1. The summed E-state index contributed by atoms with van der Waals surface area (Å²) in [5, 5.41) is 0. The van der Waals surface area contributed by atoms with E-state index in [2.05, 4.69) is 17.9 Å². The van der Waals surface area contributed by atoms with Crippen LogP contribution in [0.3, 0.4) is 0 Å². The van der Waals surface area contributed by atoms with Crippen LogP contribution < -0.4 is 10.5 Å². The van der Waals surface area contributed by atoms with Gasteiger partial charge in [0.2, 0.25) is 0 Å². The topological polar surface area (TPSA) is 47.7 Å². The Morgan fingerprint density at radius 3 is 3.00 bits per heavy atom. The van der Waals surface area contributed by atoms with Gasteiger partial charge in [0, 0.05) is 31.7 Å². The quantitative estimate of drug-likeness (QED) is 0.877. The molecule has 1 aliphatic rings. The summed E-state index contributed by atoms with van der Waals surface area (Å²) in [4.78, 5) is 2.40. The standard InChI is InChI=1S/C14H22N2O2/c1-11-9-16(5-6-18-11)10-13-7-12(8-15)3-4-14(13)17-2/h3-4,7,11H,5-6,8-10,15H2,1-2H3. The lowest BCUT2D eigenvalue weighted by Crippen LogP contribution is -2.40. The second-order valence-corrected chi connectivity index (χ2v) is 4.77. The molecule has 18 heavy (non-hydrogen) atoms. The van der Waals surface area contributed by atoms with E-state index in [1.165, 1.54) is 5.56 Å². The fraction of sp³-hybridized carbons (Fsp3) is 0.571. The molecule has 1 atom stereocenters. The number of rotatable bonds is 4. The molecular weight excluding hydrogens is 228 g/mol. The van der Waals surface area contributed by atoms with Crippen molar-refractivity contribution in [1.29, 1.82) is 0 Å². The molecule has 1 unspecified atom stereocenters. The van der Waals surface area contributed by atoms with Crippen LogP contribution in [0, 0.1) is 0 Å². The van der Waals surface area contributed by atoms with Gasteiger partial charge in [-0.1, -0.05) is 6.07 Å². The van der Waals surface area contributed by atoms with Gasteiger partial charge in [-0.25, -0.2) is 0 Å². The number of nitrogens with two attached hydrogens (primary N) is 1. The minimum atomic E-state index is 0.308. The van der Waals surface area contributed by atoms with E-state index in [9.17, 15) is 0 Å². The molecule has 0 amide bonds. The predicted octanol–water partition coefficient (Wildman–Crippen LogP) is 1.37. The minimum Gasteiger partial charge on any atom is -0.496 e. The van der Waals surface area contributed by atoms with Crippen molar-refractivity contribution in [2.45, 2.75) is 26.1 Å². The number of ether oxygens (including phenoxy) is 2. The van der Waals surface area contributed by atoms with Crippen LogP contribution in [0.25, 0.3) is 0 Å². The molecule has 1 aliphatic heterocycles. The highest BCUT2D eigenvalue weighted by molar-refractivity contribution is 5.37. The molecule has 1 aromatic rings. The highest BCUT2D eigenvalue weighted by Crippen LogP contribution is 2.22. The first-order chi connectivity index (χ1) is 8.72. The summed E-state index contributed by atoms with van der Waals surface area (Å²) in [6.45, 7) is 6.32. The van der Waals surface area contributed by atoms with Crippen LogP contribution in [-0.4, -0.2) is 37.8 Å². The van der Waals surface area contributed by atoms with Crippen molar-refractivity contribution in [3.63, 3.8) is 0 Å². The van der Waals surface area contributed by atoms with Crippen LogP contribution in [0.1, 0.15) is 18.1 Å². The monoisotopic (exact) mass is 250 g/mol. The second kappa shape index (κ2) is 6.18. The van der Waals surface area contributed by atoms with Crippen molar-refractivity contribution in [2.75, 3.05) is 26.8 Å². The van der Waals surface area contributed by atoms with Gasteiger partial charge in [0.25, 0.3) is 0 Å². The maximum Gasteiger partial charge on any atom is 0.123 e. The summed E-state index contributed by atoms with van der Waals surface area (Å²) >= 11 is 0. The molecule has 0 aliphatic carbocycles. The van der Waals surface area contributed by atoms with Crippen molar-refractivity contribution in [3.8, 4) is 5.75 Å². The number of benzene rings is 1. The van der Waals surface area contributed by atoms with Crippen LogP contribution in [-0.2, 0) is 17.8 Å². The highest BCUT2D eigenvalue weighted by Gasteiger charge is 2.18. The lowest BCUT2D eigenvalue weighted by atomic mass is 10.1. The van der Waals surface area contributed by atoms with E-state index in [0.29, 0.717) is 12.6 Å². The Kier molecular flexibility index (Phi) is 4.58. The van der Waals surface area contributed by atoms with Crippen LogP contribution in [0.5, 0.6) is 5.75 Å². The fourth-order valence-corrected chi connectivity index (χ4v) is 2.36. The van der Waals surface area contributed by atoms with Crippen molar-refractivity contribution < 1.29 is 9.47 Å². The lowest BCUT2D eigenvalue weighted by molar-refractivity contribution is -0.0214. The molecule has 0 aromatic heterocycles. The van der Waals surface area contributed by atoms with E-state index in [1.807, 2.05) is 12.1 Å². The molecule has 2 rings (SSSR count). The molecule has 0 bridgehead atoms. The Bertz CT molecular complexity index is 395. The Hall–Kier alpha value is -1.10. The first-order valence-corrected chi connectivity index (χ1v) is 6.42. The van der Waals surface area contributed by atoms with Crippen molar-refractivity contribution in [1.82, 2.24) is 4.90 Å². The van der Waals surface area contributed by atoms with Gasteiger partial charge < -0.3 is 15.2 Å². The maximum absolute atomic E-state index is 5.69. The zero-order valence-corrected chi connectivity index (χ0v) is 11.2. The predicted molar refractivity (Wildman–Crippen MR) is 71.6 cm³/mol. The Morgan fingerprint density at radius 1 is 1.50 bits per heavy atom. The number of methoxy groups -OCH3 is 1. The average molecular weight is 250 g/mol. The third kappa shape index (κ3) is 3.22. The highest BCUT2D eigenvalue weighted by atomic mass is 16.5. The van der Waals surface area contributed by atoms with E-state index in [1.54, 1.807) is 7.11 Å². The Balaban J connectivity index is 2.11. The molecule has 0 saturated carbocycles. The second-order valence-electron chi connectivity index (χ2n) is 4.77. The smallest absolute Gasteiger partial charge is 0.123 e. The summed E-state index contributed by atoms with van der Waals surface area (Å²) in [6, 6.07) is 6.16. The van der Waals surface area contributed by atoms with Crippen LogP contribution >= 0.6 is 0 Å². The van der Waals surface area contributed by atoms with E-state index in [0.717, 1.165) is 37.6 Å². The van der Waals surface area contributed by atoms with Gasteiger partial charge in [0.05, 0.1) is 19.8 Å². The number of hydrogen-bond acceptors (Lipinski definition) is 4. The average Bonchev–Trinajstić information content (AvgIpc) is 2.38. The molecule has 4 nitrogen and oxygen atoms in total. The number of hydrogen-bond donors (Lipinski definition) is 1. The first-order valence-electron chi connectivity index (χ1n) is 6.42. The molecule has 4 heteroatoms. The van der Waals surface area contributed by atoms with E-state index >= 15 is 0 Å². The van der Waals surface area contributed by atoms with Gasteiger partial charge in [0.1, 0.15) is 5.75 Å².